The van der Waals surface area contributed by atoms with E-state index in [1.165, 1.54) is 12.0 Å². The van der Waals surface area contributed by atoms with Crippen molar-refractivity contribution < 1.29 is 14.3 Å². The molecule has 0 spiro atoms. The zero-order chi connectivity index (χ0) is 11.8. The van der Waals surface area contributed by atoms with E-state index in [-0.39, 0.29) is 6.79 Å². The minimum atomic E-state index is -0.391. The van der Waals surface area contributed by atoms with Crippen molar-refractivity contribution in [3.63, 3.8) is 0 Å². The monoisotopic (exact) mass is 224 g/mol. The predicted octanol–water partition coefficient (Wildman–Crippen LogP) is 1.30. The fourth-order valence-corrected chi connectivity index (χ4v) is 1.14. The number of nitrogens with zero attached hydrogens (tertiary/aromatic N) is 2. The molecule has 88 valence electrons. The minimum absolute atomic E-state index is 0.0211. The first kappa shape index (κ1) is 12.4. The van der Waals surface area contributed by atoms with Crippen LogP contribution >= 0.6 is 0 Å². The summed E-state index contributed by atoms with van der Waals surface area (Å²) in [6.45, 7) is 0.548. The molecule has 0 radical (unpaired) electrons. The highest BCUT2D eigenvalue weighted by atomic mass is 16.7. The van der Waals surface area contributed by atoms with Gasteiger partial charge in [-0.15, -0.1) is 0 Å². The molecular formula is C11H16N2O3. The average molecular weight is 224 g/mol. The summed E-state index contributed by atoms with van der Waals surface area (Å²) < 4.78 is 9.43. The van der Waals surface area contributed by atoms with E-state index in [1.807, 2.05) is 18.2 Å². The number of hydrogen-bond acceptors (Lipinski definition) is 4. The number of pyridine rings is 1. The van der Waals surface area contributed by atoms with Crippen molar-refractivity contribution in [2.24, 2.45) is 0 Å². The van der Waals surface area contributed by atoms with Gasteiger partial charge in [-0.25, -0.2) is 4.79 Å². The highest BCUT2D eigenvalue weighted by molar-refractivity contribution is 5.67. The molecule has 0 aromatic carbocycles. The SMILES string of the molecule is COCOC(=O)N(C)CCc1ccccn1. The zero-order valence-corrected chi connectivity index (χ0v) is 9.55. The maximum absolute atomic E-state index is 11.3. The van der Waals surface area contributed by atoms with Crippen LogP contribution in [0.25, 0.3) is 0 Å². The fraction of sp³-hybridized carbons (Fsp3) is 0.455. The largest absolute Gasteiger partial charge is 0.422 e. The van der Waals surface area contributed by atoms with Crippen LogP contribution < -0.4 is 0 Å². The van der Waals surface area contributed by atoms with Gasteiger partial charge in [-0.05, 0) is 12.1 Å². The Morgan fingerprint density at radius 2 is 2.31 bits per heavy atom. The van der Waals surface area contributed by atoms with E-state index in [4.69, 9.17) is 4.74 Å². The second-order valence-corrected chi connectivity index (χ2v) is 3.31. The minimum Gasteiger partial charge on any atom is -0.422 e. The molecule has 0 atom stereocenters. The zero-order valence-electron chi connectivity index (χ0n) is 9.55. The Morgan fingerprint density at radius 1 is 1.50 bits per heavy atom. The number of methoxy groups -OCH3 is 1. The van der Waals surface area contributed by atoms with E-state index in [1.54, 1.807) is 13.2 Å². The topological polar surface area (TPSA) is 51.7 Å². The molecule has 16 heavy (non-hydrogen) atoms. The summed E-state index contributed by atoms with van der Waals surface area (Å²) in [5, 5.41) is 0. The second-order valence-electron chi connectivity index (χ2n) is 3.31. The van der Waals surface area contributed by atoms with Crippen molar-refractivity contribution in [3.05, 3.63) is 30.1 Å². The molecule has 0 aliphatic carbocycles. The van der Waals surface area contributed by atoms with E-state index in [0.29, 0.717) is 13.0 Å². The summed E-state index contributed by atoms with van der Waals surface area (Å²) in [5.41, 5.74) is 0.953. The number of aromatic nitrogens is 1. The Bertz CT molecular complexity index is 316. The lowest BCUT2D eigenvalue weighted by atomic mass is 10.2. The van der Waals surface area contributed by atoms with Crippen LogP contribution in [-0.4, -0.2) is 43.5 Å². The van der Waals surface area contributed by atoms with Crippen molar-refractivity contribution >= 4 is 6.09 Å². The number of likely N-dealkylation sites (N-methyl/N-ethyl adjacent to an activating group) is 1. The summed E-state index contributed by atoms with van der Waals surface area (Å²) in [6.07, 6.45) is 2.05. The van der Waals surface area contributed by atoms with Crippen LogP contribution in [0.4, 0.5) is 4.79 Å². The van der Waals surface area contributed by atoms with Crippen molar-refractivity contribution in [2.75, 3.05) is 27.5 Å². The molecule has 1 aromatic rings. The molecule has 1 amide bonds. The van der Waals surface area contributed by atoms with Crippen molar-refractivity contribution in [2.45, 2.75) is 6.42 Å². The second kappa shape index (κ2) is 6.79. The number of ether oxygens (including phenoxy) is 2. The molecular weight excluding hydrogens is 208 g/mol. The van der Waals surface area contributed by atoms with E-state index >= 15 is 0 Å². The Labute approximate surface area is 95.0 Å². The van der Waals surface area contributed by atoms with Crippen LogP contribution in [0, 0.1) is 0 Å². The molecule has 0 aliphatic rings. The van der Waals surface area contributed by atoms with Crippen LogP contribution in [0.3, 0.4) is 0 Å². The number of carbonyl (C=O) groups is 1. The highest BCUT2D eigenvalue weighted by Gasteiger charge is 2.09. The fourth-order valence-electron chi connectivity index (χ4n) is 1.14. The lowest BCUT2D eigenvalue weighted by molar-refractivity contribution is -0.00147. The van der Waals surface area contributed by atoms with Crippen LogP contribution in [0.2, 0.25) is 0 Å². The van der Waals surface area contributed by atoms with Crippen LogP contribution in [0.15, 0.2) is 24.4 Å². The summed E-state index contributed by atoms with van der Waals surface area (Å²) in [4.78, 5) is 17.0. The number of amides is 1. The molecule has 0 saturated heterocycles. The molecule has 0 unspecified atom stereocenters. The van der Waals surface area contributed by atoms with E-state index < -0.39 is 6.09 Å². The quantitative estimate of drug-likeness (QED) is 0.707. The Kier molecular flexibility index (Phi) is 5.28. The molecule has 1 heterocycles. The summed E-state index contributed by atoms with van der Waals surface area (Å²) in [6, 6.07) is 5.71. The molecule has 5 nitrogen and oxygen atoms in total. The van der Waals surface area contributed by atoms with Gasteiger partial charge in [-0.2, -0.15) is 0 Å². The maximum atomic E-state index is 11.3. The molecule has 1 rings (SSSR count). The van der Waals surface area contributed by atoms with Gasteiger partial charge >= 0.3 is 6.09 Å². The van der Waals surface area contributed by atoms with E-state index in [0.717, 1.165) is 5.69 Å². The van der Waals surface area contributed by atoms with Gasteiger partial charge in [0.1, 0.15) is 0 Å². The van der Waals surface area contributed by atoms with Crippen LogP contribution in [-0.2, 0) is 15.9 Å². The summed E-state index contributed by atoms with van der Waals surface area (Å²) in [7, 11) is 3.15. The maximum Gasteiger partial charge on any atom is 0.411 e. The van der Waals surface area contributed by atoms with Gasteiger partial charge in [-0.1, -0.05) is 6.07 Å². The average Bonchev–Trinajstić information content (AvgIpc) is 2.34. The third-order valence-electron chi connectivity index (χ3n) is 2.04. The Balaban J connectivity index is 2.29. The number of carbonyl (C=O) groups excluding carboxylic acids is 1. The first-order valence-electron chi connectivity index (χ1n) is 5.00. The highest BCUT2D eigenvalue weighted by Crippen LogP contribution is 1.98. The van der Waals surface area contributed by atoms with Crippen molar-refractivity contribution in [3.8, 4) is 0 Å². The lowest BCUT2D eigenvalue weighted by Gasteiger charge is -2.16. The van der Waals surface area contributed by atoms with Gasteiger partial charge in [0.15, 0.2) is 6.79 Å². The smallest absolute Gasteiger partial charge is 0.411 e. The predicted molar refractivity (Wildman–Crippen MR) is 58.9 cm³/mol. The molecule has 1 aromatic heterocycles. The van der Waals surface area contributed by atoms with Gasteiger partial charge in [0.05, 0.1) is 0 Å². The normalized spacial score (nSPS) is 9.88. The van der Waals surface area contributed by atoms with E-state index in [2.05, 4.69) is 9.72 Å². The molecule has 0 fully saturated rings. The van der Waals surface area contributed by atoms with E-state index in [9.17, 15) is 4.79 Å². The van der Waals surface area contributed by atoms with Crippen molar-refractivity contribution in [1.29, 1.82) is 0 Å². The lowest BCUT2D eigenvalue weighted by Crippen LogP contribution is -2.30. The third kappa shape index (κ3) is 4.27. The van der Waals surface area contributed by atoms with Gasteiger partial charge in [0.2, 0.25) is 0 Å². The summed E-state index contributed by atoms with van der Waals surface area (Å²) >= 11 is 0. The first-order chi connectivity index (χ1) is 7.74. The number of rotatable bonds is 5. The summed E-state index contributed by atoms with van der Waals surface area (Å²) in [5.74, 6) is 0. The molecule has 0 aliphatic heterocycles. The van der Waals surface area contributed by atoms with Gasteiger partial charge < -0.3 is 14.4 Å². The van der Waals surface area contributed by atoms with Gasteiger partial charge in [-0.3, -0.25) is 4.98 Å². The van der Waals surface area contributed by atoms with Gasteiger partial charge in [0.25, 0.3) is 0 Å². The molecule has 0 saturated carbocycles. The third-order valence-corrected chi connectivity index (χ3v) is 2.04. The standard InChI is InChI=1S/C11H16N2O3/c1-13(11(14)16-9-15-2)8-6-10-5-3-4-7-12-10/h3-5,7H,6,8-9H2,1-2H3. The Hall–Kier alpha value is -1.62. The number of hydrogen-bond donors (Lipinski definition) is 0. The Morgan fingerprint density at radius 3 is 2.94 bits per heavy atom. The van der Waals surface area contributed by atoms with Crippen molar-refractivity contribution in [1.82, 2.24) is 9.88 Å². The van der Waals surface area contributed by atoms with Crippen LogP contribution in [0.1, 0.15) is 5.69 Å². The first-order valence-corrected chi connectivity index (χ1v) is 5.00. The molecule has 0 bridgehead atoms. The molecule has 5 heteroatoms. The van der Waals surface area contributed by atoms with Crippen LogP contribution in [0.5, 0.6) is 0 Å². The molecule has 0 N–H and O–H groups in total. The van der Waals surface area contributed by atoms with Gasteiger partial charge in [0, 0.05) is 39.0 Å².